The lowest BCUT2D eigenvalue weighted by Gasteiger charge is -2.24. The summed E-state index contributed by atoms with van der Waals surface area (Å²) < 4.78 is 0. The minimum absolute atomic E-state index is 0. The van der Waals surface area contributed by atoms with Gasteiger partial charge in [-0.1, -0.05) is 19.9 Å². The van der Waals surface area contributed by atoms with Gasteiger partial charge in [-0.2, -0.15) is 0 Å². The van der Waals surface area contributed by atoms with E-state index in [0.717, 1.165) is 0 Å². The molecule has 92 valence electrons. The van der Waals surface area contributed by atoms with Gasteiger partial charge in [-0.15, -0.1) is 23.7 Å². The number of halogens is 1. The van der Waals surface area contributed by atoms with E-state index in [2.05, 4.69) is 25.2 Å². The predicted octanol–water partition coefficient (Wildman–Crippen LogP) is 1.91. The SMILES string of the molecule is C[C@H](N)C(=O)NCC(C)(C)c1cccs1.Cl. The monoisotopic (exact) mass is 262 g/mol. The minimum Gasteiger partial charge on any atom is -0.354 e. The fraction of sp³-hybridized carbons (Fsp3) is 0.545. The molecule has 1 amide bonds. The van der Waals surface area contributed by atoms with Crippen molar-refractivity contribution in [2.45, 2.75) is 32.2 Å². The van der Waals surface area contributed by atoms with Crippen molar-refractivity contribution >= 4 is 29.7 Å². The Kier molecular flexibility index (Phi) is 6.00. The highest BCUT2D eigenvalue weighted by Crippen LogP contribution is 2.26. The van der Waals surface area contributed by atoms with Crippen LogP contribution in [-0.2, 0) is 10.2 Å². The lowest BCUT2D eigenvalue weighted by atomic mass is 9.91. The van der Waals surface area contributed by atoms with Crippen LogP contribution in [0.4, 0.5) is 0 Å². The van der Waals surface area contributed by atoms with Crippen LogP contribution in [0.25, 0.3) is 0 Å². The van der Waals surface area contributed by atoms with Gasteiger partial charge in [0.05, 0.1) is 6.04 Å². The molecular formula is C11H19ClN2OS. The van der Waals surface area contributed by atoms with Crippen LogP contribution in [-0.4, -0.2) is 18.5 Å². The Balaban J connectivity index is 0.00000225. The van der Waals surface area contributed by atoms with Crippen molar-refractivity contribution in [3.8, 4) is 0 Å². The maximum atomic E-state index is 11.3. The van der Waals surface area contributed by atoms with Gasteiger partial charge in [0.25, 0.3) is 0 Å². The zero-order valence-corrected chi connectivity index (χ0v) is 11.5. The Bertz CT molecular complexity index is 323. The van der Waals surface area contributed by atoms with Crippen LogP contribution in [0, 0.1) is 0 Å². The molecule has 3 N–H and O–H groups in total. The molecule has 0 aliphatic rings. The van der Waals surface area contributed by atoms with E-state index in [1.165, 1.54) is 4.88 Å². The number of amides is 1. The highest BCUT2D eigenvalue weighted by atomic mass is 35.5. The number of carbonyl (C=O) groups excluding carboxylic acids is 1. The van der Waals surface area contributed by atoms with Gasteiger partial charge in [-0.25, -0.2) is 0 Å². The second-order valence-electron chi connectivity index (χ2n) is 4.37. The van der Waals surface area contributed by atoms with E-state index in [0.29, 0.717) is 6.54 Å². The maximum absolute atomic E-state index is 11.3. The number of rotatable bonds is 4. The molecule has 16 heavy (non-hydrogen) atoms. The molecule has 0 radical (unpaired) electrons. The summed E-state index contributed by atoms with van der Waals surface area (Å²) >= 11 is 1.71. The third-order valence-corrected chi connectivity index (χ3v) is 3.54. The Hall–Kier alpha value is -0.580. The van der Waals surface area contributed by atoms with Crippen LogP contribution in [0.1, 0.15) is 25.6 Å². The molecule has 1 aromatic rings. The zero-order chi connectivity index (χ0) is 11.5. The maximum Gasteiger partial charge on any atom is 0.236 e. The van der Waals surface area contributed by atoms with Crippen molar-refractivity contribution in [2.24, 2.45) is 5.73 Å². The molecule has 3 nitrogen and oxygen atoms in total. The molecule has 1 aromatic heterocycles. The van der Waals surface area contributed by atoms with Gasteiger partial charge in [0.1, 0.15) is 0 Å². The van der Waals surface area contributed by atoms with E-state index in [9.17, 15) is 4.79 Å². The molecule has 1 rings (SSSR count). The molecule has 0 spiro atoms. The predicted molar refractivity (Wildman–Crippen MR) is 71.3 cm³/mol. The van der Waals surface area contributed by atoms with E-state index >= 15 is 0 Å². The molecule has 0 unspecified atom stereocenters. The van der Waals surface area contributed by atoms with Gasteiger partial charge in [-0.05, 0) is 18.4 Å². The van der Waals surface area contributed by atoms with Crippen molar-refractivity contribution in [2.75, 3.05) is 6.54 Å². The first-order chi connectivity index (χ1) is 6.93. The molecule has 0 aliphatic carbocycles. The number of thiophene rings is 1. The molecule has 0 aromatic carbocycles. The first kappa shape index (κ1) is 15.4. The van der Waals surface area contributed by atoms with Gasteiger partial charge in [0, 0.05) is 16.8 Å². The second-order valence-corrected chi connectivity index (χ2v) is 5.32. The Morgan fingerprint density at radius 1 is 1.62 bits per heavy atom. The summed E-state index contributed by atoms with van der Waals surface area (Å²) in [6.45, 7) is 6.53. The van der Waals surface area contributed by atoms with Crippen LogP contribution in [0.2, 0.25) is 0 Å². The Morgan fingerprint density at radius 2 is 2.25 bits per heavy atom. The standard InChI is InChI=1S/C11H18N2OS.ClH/c1-8(12)10(14)13-7-11(2,3)9-5-4-6-15-9;/h4-6,8H,7,12H2,1-3H3,(H,13,14);1H/t8-;/m0./s1. The van der Waals surface area contributed by atoms with Gasteiger partial charge >= 0.3 is 0 Å². The largest absolute Gasteiger partial charge is 0.354 e. The highest BCUT2D eigenvalue weighted by Gasteiger charge is 2.22. The first-order valence-corrected chi connectivity index (χ1v) is 5.89. The molecule has 0 saturated heterocycles. The first-order valence-electron chi connectivity index (χ1n) is 5.01. The van der Waals surface area contributed by atoms with Gasteiger partial charge in [-0.3, -0.25) is 4.79 Å². The van der Waals surface area contributed by atoms with Gasteiger partial charge < -0.3 is 11.1 Å². The van der Waals surface area contributed by atoms with Crippen molar-refractivity contribution in [3.63, 3.8) is 0 Å². The fourth-order valence-corrected chi connectivity index (χ4v) is 2.07. The number of nitrogens with one attached hydrogen (secondary N) is 1. The topological polar surface area (TPSA) is 55.1 Å². The third-order valence-electron chi connectivity index (χ3n) is 2.31. The van der Waals surface area contributed by atoms with Crippen molar-refractivity contribution in [1.29, 1.82) is 0 Å². The highest BCUT2D eigenvalue weighted by molar-refractivity contribution is 7.10. The zero-order valence-electron chi connectivity index (χ0n) is 9.82. The third kappa shape index (κ3) is 4.12. The molecule has 0 bridgehead atoms. The van der Waals surface area contributed by atoms with E-state index in [1.807, 2.05) is 11.4 Å². The van der Waals surface area contributed by atoms with E-state index in [-0.39, 0.29) is 23.7 Å². The second kappa shape index (κ2) is 6.23. The van der Waals surface area contributed by atoms with Crippen molar-refractivity contribution in [3.05, 3.63) is 22.4 Å². The summed E-state index contributed by atoms with van der Waals surface area (Å²) in [6, 6.07) is 3.67. The molecular weight excluding hydrogens is 244 g/mol. The average Bonchev–Trinajstić information content (AvgIpc) is 2.67. The van der Waals surface area contributed by atoms with E-state index < -0.39 is 6.04 Å². The van der Waals surface area contributed by atoms with Gasteiger partial charge in [0.2, 0.25) is 5.91 Å². The number of hydrogen-bond acceptors (Lipinski definition) is 3. The van der Waals surface area contributed by atoms with E-state index in [4.69, 9.17) is 5.73 Å². The van der Waals surface area contributed by atoms with Crippen LogP contribution in [0.5, 0.6) is 0 Å². The summed E-state index contributed by atoms with van der Waals surface area (Å²) in [5, 5.41) is 4.90. The lowest BCUT2D eigenvalue weighted by Crippen LogP contribution is -2.43. The Morgan fingerprint density at radius 3 is 2.69 bits per heavy atom. The molecule has 0 saturated carbocycles. The molecule has 1 heterocycles. The normalized spacial score (nSPS) is 12.8. The van der Waals surface area contributed by atoms with Crippen LogP contribution in [0.15, 0.2) is 17.5 Å². The van der Waals surface area contributed by atoms with Gasteiger partial charge in [0.15, 0.2) is 0 Å². The summed E-state index contributed by atoms with van der Waals surface area (Å²) in [5.41, 5.74) is 5.45. The quantitative estimate of drug-likeness (QED) is 0.871. The van der Waals surface area contributed by atoms with Crippen LogP contribution in [0.3, 0.4) is 0 Å². The summed E-state index contributed by atoms with van der Waals surface area (Å²) in [7, 11) is 0. The summed E-state index contributed by atoms with van der Waals surface area (Å²) in [4.78, 5) is 12.6. The Labute approximate surface area is 107 Å². The number of hydrogen-bond donors (Lipinski definition) is 2. The van der Waals surface area contributed by atoms with E-state index in [1.54, 1.807) is 18.3 Å². The summed E-state index contributed by atoms with van der Waals surface area (Å²) in [6.07, 6.45) is 0. The summed E-state index contributed by atoms with van der Waals surface area (Å²) in [5.74, 6) is -0.0976. The molecule has 0 fully saturated rings. The average molecular weight is 263 g/mol. The minimum atomic E-state index is -0.441. The van der Waals surface area contributed by atoms with Crippen LogP contribution >= 0.6 is 23.7 Å². The van der Waals surface area contributed by atoms with Crippen molar-refractivity contribution < 1.29 is 4.79 Å². The number of nitrogens with two attached hydrogens (primary N) is 1. The molecule has 1 atom stereocenters. The number of carbonyl (C=O) groups is 1. The molecule has 0 aliphatic heterocycles. The lowest BCUT2D eigenvalue weighted by molar-refractivity contribution is -0.122. The smallest absolute Gasteiger partial charge is 0.236 e. The molecule has 5 heteroatoms. The fourth-order valence-electron chi connectivity index (χ4n) is 1.22. The van der Waals surface area contributed by atoms with Crippen molar-refractivity contribution in [1.82, 2.24) is 5.32 Å². The van der Waals surface area contributed by atoms with Crippen LogP contribution < -0.4 is 11.1 Å².